The van der Waals surface area contributed by atoms with Crippen LogP contribution in [-0.2, 0) is 0 Å². The fourth-order valence-electron chi connectivity index (χ4n) is 2.36. The minimum atomic E-state index is 0. The van der Waals surface area contributed by atoms with E-state index >= 15 is 0 Å². The van der Waals surface area contributed by atoms with E-state index in [1.54, 1.807) is 0 Å². The Hall–Kier alpha value is -2.38. The fourth-order valence-corrected chi connectivity index (χ4v) is 2.36. The van der Waals surface area contributed by atoms with Crippen molar-refractivity contribution in [3.05, 3.63) is 42.7 Å². The summed E-state index contributed by atoms with van der Waals surface area (Å²) in [5.74, 6) is 1.75. The number of nitrogen functional groups attached to an aromatic ring is 1. The highest BCUT2D eigenvalue weighted by atomic mass is 16.0. The third-order valence-electron chi connectivity index (χ3n) is 3.44. The summed E-state index contributed by atoms with van der Waals surface area (Å²) in [6.07, 6.45) is 3.81. The monoisotopic (exact) mass is 291 g/mol. The van der Waals surface area contributed by atoms with Gasteiger partial charge in [-0.3, -0.25) is 5.73 Å². The molecule has 2 aromatic heterocycles. The number of aromatic nitrogens is 2. The first-order chi connectivity index (χ1) is 9.33. The molecule has 0 spiro atoms. The molecule has 7 heteroatoms. The van der Waals surface area contributed by atoms with E-state index in [4.69, 9.17) is 5.73 Å². The molecule has 0 unspecified atom stereocenters. The van der Waals surface area contributed by atoms with Crippen LogP contribution in [0, 0.1) is 0 Å². The number of anilines is 3. The molecule has 6 N–H and O–H groups in total. The predicted molar refractivity (Wildman–Crippen MR) is 81.6 cm³/mol. The van der Waals surface area contributed by atoms with E-state index in [0.29, 0.717) is 5.82 Å². The lowest BCUT2D eigenvalue weighted by Gasteiger charge is -2.36. The number of H-pyrrole nitrogens is 1. The number of nitrogens with zero attached hydrogens (tertiary/aromatic N) is 3. The van der Waals surface area contributed by atoms with Crippen molar-refractivity contribution in [2.45, 2.75) is 0 Å². The third kappa shape index (κ3) is 3.80. The van der Waals surface area contributed by atoms with Gasteiger partial charge in [0.25, 0.3) is 5.82 Å². The first kappa shape index (κ1) is 16.7. The van der Waals surface area contributed by atoms with Gasteiger partial charge in [-0.05, 0) is 18.2 Å². The van der Waals surface area contributed by atoms with Crippen molar-refractivity contribution in [3.8, 4) is 0 Å². The van der Waals surface area contributed by atoms with E-state index in [0.717, 1.165) is 32.0 Å². The Labute approximate surface area is 123 Å². The van der Waals surface area contributed by atoms with Crippen LogP contribution >= 0.6 is 0 Å². The van der Waals surface area contributed by atoms with E-state index in [9.17, 15) is 0 Å². The Balaban J connectivity index is 0.00000110. The molecule has 3 heterocycles. The van der Waals surface area contributed by atoms with Crippen molar-refractivity contribution in [3.63, 3.8) is 0 Å². The summed E-state index contributed by atoms with van der Waals surface area (Å²) >= 11 is 0. The quantitative estimate of drug-likeness (QED) is 0.821. The molecule has 0 bridgehead atoms. The maximum atomic E-state index is 5.66. The largest absolute Gasteiger partial charge is 0.870 e. The van der Waals surface area contributed by atoms with Crippen molar-refractivity contribution in [1.29, 1.82) is 0 Å². The number of nitrogens with one attached hydrogen (secondary N) is 1. The second-order valence-corrected chi connectivity index (χ2v) is 4.66. The van der Waals surface area contributed by atoms with E-state index in [1.807, 2.05) is 30.6 Å². The molecule has 7 nitrogen and oxygen atoms in total. The van der Waals surface area contributed by atoms with Crippen LogP contribution in [0.3, 0.4) is 0 Å². The van der Waals surface area contributed by atoms with Gasteiger partial charge in [0.15, 0.2) is 0 Å². The van der Waals surface area contributed by atoms with Gasteiger partial charge in [-0.25, -0.2) is 9.97 Å². The smallest absolute Gasteiger partial charge is 0.270 e. The van der Waals surface area contributed by atoms with Crippen molar-refractivity contribution in [1.82, 2.24) is 4.98 Å². The van der Waals surface area contributed by atoms with Gasteiger partial charge >= 0.3 is 0 Å². The van der Waals surface area contributed by atoms with Gasteiger partial charge in [0.05, 0.1) is 5.69 Å². The Morgan fingerprint density at radius 3 is 2.29 bits per heavy atom. The average molecular weight is 291 g/mol. The molecule has 1 fully saturated rings. The van der Waals surface area contributed by atoms with Crippen LogP contribution in [0.4, 0.5) is 17.3 Å². The SMILES string of the molecule is Nc1ccc(N2CCN(c3ccccn3)CC2)c[nH+]1.O.[OH-]. The summed E-state index contributed by atoms with van der Waals surface area (Å²) in [5, 5.41) is 0. The summed E-state index contributed by atoms with van der Waals surface area (Å²) < 4.78 is 0. The van der Waals surface area contributed by atoms with E-state index < -0.39 is 0 Å². The van der Waals surface area contributed by atoms with Crippen LogP contribution < -0.4 is 20.5 Å². The van der Waals surface area contributed by atoms with Gasteiger partial charge < -0.3 is 20.8 Å². The number of hydrogen-bond donors (Lipinski definition) is 1. The van der Waals surface area contributed by atoms with Crippen LogP contribution in [0.2, 0.25) is 0 Å². The number of aromatic amines is 1. The topological polar surface area (TPSA) is 121 Å². The molecule has 3 rings (SSSR count). The van der Waals surface area contributed by atoms with Gasteiger partial charge in [0, 0.05) is 38.4 Å². The van der Waals surface area contributed by atoms with Crippen molar-refractivity contribution < 1.29 is 15.9 Å². The minimum Gasteiger partial charge on any atom is -0.870 e. The first-order valence-corrected chi connectivity index (χ1v) is 6.51. The number of hydrogen-bond acceptors (Lipinski definition) is 5. The second kappa shape index (κ2) is 7.41. The highest BCUT2D eigenvalue weighted by Crippen LogP contribution is 2.17. The van der Waals surface area contributed by atoms with Gasteiger partial charge in [-0.15, -0.1) is 0 Å². The molecular formula is C14H21N5O2. The maximum Gasteiger partial charge on any atom is 0.270 e. The highest BCUT2D eigenvalue weighted by Gasteiger charge is 2.18. The molecule has 0 aromatic carbocycles. The van der Waals surface area contributed by atoms with E-state index in [-0.39, 0.29) is 11.0 Å². The van der Waals surface area contributed by atoms with Crippen LogP contribution in [0.15, 0.2) is 42.7 Å². The zero-order chi connectivity index (χ0) is 13.1. The van der Waals surface area contributed by atoms with Crippen LogP contribution in [0.5, 0.6) is 0 Å². The molecular weight excluding hydrogens is 270 g/mol. The average Bonchev–Trinajstić information content (AvgIpc) is 2.49. The standard InChI is InChI=1S/C14H17N5.2H2O/c15-13-5-4-12(11-17-13)18-7-9-19(10-8-18)14-3-1-2-6-16-14;;/h1-6,11H,7-10H2,(H2,15,17);2*1H2. The molecule has 0 aliphatic carbocycles. The summed E-state index contributed by atoms with van der Waals surface area (Å²) in [6.45, 7) is 3.96. The molecule has 21 heavy (non-hydrogen) atoms. The normalized spacial score (nSPS) is 14.1. The summed E-state index contributed by atoms with van der Waals surface area (Å²) in [6, 6.07) is 10.0. The Morgan fingerprint density at radius 1 is 1.00 bits per heavy atom. The van der Waals surface area contributed by atoms with E-state index in [1.165, 1.54) is 5.69 Å². The summed E-state index contributed by atoms with van der Waals surface area (Å²) in [5.41, 5.74) is 6.85. The lowest BCUT2D eigenvalue weighted by atomic mass is 10.2. The molecule has 1 aliphatic heterocycles. The number of piperazine rings is 1. The minimum absolute atomic E-state index is 0. The third-order valence-corrected chi connectivity index (χ3v) is 3.44. The van der Waals surface area contributed by atoms with Crippen LogP contribution in [0.1, 0.15) is 0 Å². The predicted octanol–water partition coefficient (Wildman–Crippen LogP) is -0.197. The first-order valence-electron chi connectivity index (χ1n) is 6.51. The molecule has 1 saturated heterocycles. The Bertz CT molecular complexity index is 527. The molecule has 1 aliphatic rings. The van der Waals surface area contributed by atoms with Crippen LogP contribution in [0.25, 0.3) is 0 Å². The van der Waals surface area contributed by atoms with Crippen LogP contribution in [-0.4, -0.2) is 42.1 Å². The van der Waals surface area contributed by atoms with Gasteiger partial charge in [-0.1, -0.05) is 6.07 Å². The lowest BCUT2D eigenvalue weighted by Crippen LogP contribution is -2.47. The maximum absolute atomic E-state index is 5.66. The molecule has 114 valence electrons. The summed E-state index contributed by atoms with van der Waals surface area (Å²) in [4.78, 5) is 12.1. The van der Waals surface area contributed by atoms with Gasteiger partial charge in [0.2, 0.25) is 0 Å². The molecule has 0 radical (unpaired) electrons. The lowest BCUT2D eigenvalue weighted by molar-refractivity contribution is -0.359. The van der Waals surface area contributed by atoms with Crippen molar-refractivity contribution in [2.75, 3.05) is 41.7 Å². The molecule has 0 atom stereocenters. The molecule has 0 amide bonds. The fraction of sp³-hybridized carbons (Fsp3) is 0.286. The van der Waals surface area contributed by atoms with Crippen molar-refractivity contribution in [2.24, 2.45) is 0 Å². The number of nitrogens with two attached hydrogens (primary N) is 1. The molecule has 0 saturated carbocycles. The highest BCUT2D eigenvalue weighted by molar-refractivity contribution is 5.48. The van der Waals surface area contributed by atoms with Crippen molar-refractivity contribution >= 4 is 17.3 Å². The Morgan fingerprint density at radius 2 is 1.71 bits per heavy atom. The Kier molecular flexibility index (Phi) is 5.89. The summed E-state index contributed by atoms with van der Waals surface area (Å²) in [7, 11) is 0. The van der Waals surface area contributed by atoms with Gasteiger partial charge in [0.1, 0.15) is 12.0 Å². The second-order valence-electron chi connectivity index (χ2n) is 4.66. The molecule has 2 aromatic rings. The zero-order valence-corrected chi connectivity index (χ0v) is 11.7. The number of rotatable bonds is 2. The van der Waals surface area contributed by atoms with E-state index in [2.05, 4.69) is 31.9 Å². The number of pyridine rings is 2. The van der Waals surface area contributed by atoms with Gasteiger partial charge in [-0.2, -0.15) is 0 Å². The zero-order valence-electron chi connectivity index (χ0n) is 11.7.